The molecule has 2 heterocycles. The molecule has 0 spiro atoms. The summed E-state index contributed by atoms with van der Waals surface area (Å²) in [5, 5.41) is 2.91. The van der Waals surface area contributed by atoms with Gasteiger partial charge in [-0.25, -0.2) is 18.7 Å². The lowest BCUT2D eigenvalue weighted by atomic mass is 10.1. The van der Waals surface area contributed by atoms with E-state index in [1.54, 1.807) is 19.5 Å². The molecule has 0 saturated heterocycles. The summed E-state index contributed by atoms with van der Waals surface area (Å²) in [6, 6.07) is 0.991. The van der Waals surface area contributed by atoms with Crippen LogP contribution in [0.15, 0.2) is 11.4 Å². The lowest BCUT2D eigenvalue weighted by Gasteiger charge is -2.10. The maximum atomic E-state index is 14.7. The first-order valence-electron chi connectivity index (χ1n) is 8.67. The number of hydrazine groups is 1. The predicted molar refractivity (Wildman–Crippen MR) is 114 cm³/mol. The zero-order chi connectivity index (χ0) is 22.0. The molecule has 1 aromatic carbocycles. The van der Waals surface area contributed by atoms with Crippen molar-refractivity contribution in [3.8, 4) is 21.1 Å². The fourth-order valence-corrected chi connectivity index (χ4v) is 4.50. The number of anilines is 2. The van der Waals surface area contributed by atoms with Gasteiger partial charge in [0.1, 0.15) is 28.1 Å². The van der Waals surface area contributed by atoms with Gasteiger partial charge in [-0.3, -0.25) is 10.6 Å². The van der Waals surface area contributed by atoms with Crippen molar-refractivity contribution in [1.82, 2.24) is 14.9 Å². The number of hydrogen-bond acceptors (Lipinski definition) is 9. The van der Waals surface area contributed by atoms with Gasteiger partial charge in [-0.05, 0) is 13.0 Å². The largest absolute Gasteiger partial charge is 0.395 e. The van der Waals surface area contributed by atoms with Crippen LogP contribution in [0.4, 0.5) is 20.2 Å². The van der Waals surface area contributed by atoms with E-state index in [-0.39, 0.29) is 36.1 Å². The monoisotopic (exact) mass is 454 g/mol. The summed E-state index contributed by atoms with van der Waals surface area (Å²) in [6.45, 7) is 1.97. The molecule has 1 amide bonds. The molecule has 0 saturated carbocycles. The minimum Gasteiger partial charge on any atom is -0.395 e. The molecular weight excluding hydrogens is 434 g/mol. The van der Waals surface area contributed by atoms with Gasteiger partial charge in [0.15, 0.2) is 5.82 Å². The molecule has 30 heavy (non-hydrogen) atoms. The highest BCUT2D eigenvalue weighted by Crippen LogP contribution is 2.38. The number of carbonyl (C=O) groups excluding carboxylic acids is 1. The summed E-state index contributed by atoms with van der Waals surface area (Å²) >= 11 is 2.64. The highest BCUT2D eigenvalue weighted by molar-refractivity contribution is 7.21. The standard InChI is InChI=1S/C18H20F2N6O2S2/c1-8-17(30-12(23-8)5-28-6-13(27)26(2)3)18-24-11(7-29-18)9-4-10(19)15(21)16(25-22)14(9)20/h4,7,25H,5-6,21-22H2,1-3H3. The summed E-state index contributed by atoms with van der Waals surface area (Å²) in [5.74, 6) is 3.54. The van der Waals surface area contributed by atoms with Crippen LogP contribution in [0.25, 0.3) is 21.1 Å². The van der Waals surface area contributed by atoms with Gasteiger partial charge in [0.25, 0.3) is 0 Å². The summed E-state index contributed by atoms with van der Waals surface area (Å²) in [4.78, 5) is 22.7. The second-order valence-corrected chi connectivity index (χ2v) is 8.44. The zero-order valence-electron chi connectivity index (χ0n) is 16.5. The highest BCUT2D eigenvalue weighted by atomic mass is 32.1. The Morgan fingerprint density at radius 1 is 1.33 bits per heavy atom. The van der Waals surface area contributed by atoms with Crippen LogP contribution in [0.5, 0.6) is 0 Å². The smallest absolute Gasteiger partial charge is 0.248 e. The van der Waals surface area contributed by atoms with Crippen molar-refractivity contribution in [3.05, 3.63) is 33.8 Å². The summed E-state index contributed by atoms with van der Waals surface area (Å²) < 4.78 is 34.1. The number of hydrogen-bond donors (Lipinski definition) is 3. The number of nitrogen functional groups attached to an aromatic ring is 2. The summed E-state index contributed by atoms with van der Waals surface area (Å²) in [5.41, 5.74) is 7.82. The number of nitrogens with two attached hydrogens (primary N) is 2. The molecule has 0 fully saturated rings. The Labute approximate surface area is 179 Å². The van der Waals surface area contributed by atoms with Crippen molar-refractivity contribution < 1.29 is 18.3 Å². The maximum Gasteiger partial charge on any atom is 0.248 e. The molecule has 3 rings (SSSR count). The molecule has 0 bridgehead atoms. The Morgan fingerprint density at radius 3 is 2.73 bits per heavy atom. The number of ether oxygens (including phenoxy) is 1. The Morgan fingerprint density at radius 2 is 2.07 bits per heavy atom. The average Bonchev–Trinajstić information content (AvgIpc) is 3.31. The fraction of sp³-hybridized carbons (Fsp3) is 0.278. The molecule has 0 aliphatic rings. The van der Waals surface area contributed by atoms with Crippen molar-refractivity contribution in [2.75, 3.05) is 31.9 Å². The normalized spacial score (nSPS) is 11.0. The number of amides is 1. The second kappa shape index (κ2) is 9.00. The Bertz CT molecular complexity index is 1080. The average molecular weight is 455 g/mol. The summed E-state index contributed by atoms with van der Waals surface area (Å²) in [7, 11) is 3.30. The zero-order valence-corrected chi connectivity index (χ0v) is 18.1. The molecule has 8 nitrogen and oxygen atoms in total. The molecular formula is C18H20F2N6O2S2. The van der Waals surface area contributed by atoms with Crippen LogP contribution in [-0.2, 0) is 16.1 Å². The van der Waals surface area contributed by atoms with E-state index in [2.05, 4.69) is 15.4 Å². The Balaban J connectivity index is 1.83. The molecule has 0 aliphatic carbocycles. The van der Waals surface area contributed by atoms with Crippen LogP contribution >= 0.6 is 22.7 Å². The molecule has 3 aromatic rings. The van der Waals surface area contributed by atoms with Crippen molar-refractivity contribution in [3.63, 3.8) is 0 Å². The minimum absolute atomic E-state index is 0.0398. The third-order valence-corrected chi connectivity index (χ3v) is 6.29. The van der Waals surface area contributed by atoms with Crippen LogP contribution in [0.3, 0.4) is 0 Å². The number of nitrogens with one attached hydrogen (secondary N) is 1. The molecule has 160 valence electrons. The van der Waals surface area contributed by atoms with Gasteiger partial charge >= 0.3 is 0 Å². The van der Waals surface area contributed by atoms with Crippen LogP contribution < -0.4 is 17.0 Å². The number of benzene rings is 1. The molecule has 5 N–H and O–H groups in total. The fourth-order valence-electron chi connectivity index (χ4n) is 2.54. The number of aryl methyl sites for hydroxylation is 1. The van der Waals surface area contributed by atoms with Gasteiger partial charge in [0, 0.05) is 25.0 Å². The number of carbonyl (C=O) groups is 1. The van der Waals surface area contributed by atoms with Crippen molar-refractivity contribution in [2.45, 2.75) is 13.5 Å². The van der Waals surface area contributed by atoms with Crippen LogP contribution in [0.2, 0.25) is 0 Å². The molecule has 0 aliphatic heterocycles. The molecule has 0 atom stereocenters. The van der Waals surface area contributed by atoms with Crippen LogP contribution in [-0.4, -0.2) is 41.5 Å². The third-order valence-electron chi connectivity index (χ3n) is 4.16. The van der Waals surface area contributed by atoms with Crippen molar-refractivity contribution in [2.24, 2.45) is 5.84 Å². The van der Waals surface area contributed by atoms with Gasteiger partial charge in [0.05, 0.1) is 28.6 Å². The molecule has 2 aromatic heterocycles. The van der Waals surface area contributed by atoms with E-state index in [9.17, 15) is 13.6 Å². The van der Waals surface area contributed by atoms with E-state index in [1.165, 1.54) is 27.6 Å². The number of thiazole rings is 2. The van der Waals surface area contributed by atoms with Gasteiger partial charge in [-0.1, -0.05) is 0 Å². The number of rotatable bonds is 7. The van der Waals surface area contributed by atoms with Crippen LogP contribution in [0, 0.1) is 18.6 Å². The first kappa shape index (κ1) is 22.0. The molecule has 12 heteroatoms. The highest BCUT2D eigenvalue weighted by Gasteiger charge is 2.21. The summed E-state index contributed by atoms with van der Waals surface area (Å²) in [6.07, 6.45) is 0. The molecule has 0 unspecified atom stereocenters. The van der Waals surface area contributed by atoms with Crippen LogP contribution in [0.1, 0.15) is 10.7 Å². The van der Waals surface area contributed by atoms with E-state index in [0.717, 1.165) is 16.6 Å². The lowest BCUT2D eigenvalue weighted by Crippen LogP contribution is -2.26. The van der Waals surface area contributed by atoms with Crippen molar-refractivity contribution in [1.29, 1.82) is 0 Å². The number of aromatic nitrogens is 2. The van der Waals surface area contributed by atoms with Gasteiger partial charge in [-0.15, -0.1) is 22.7 Å². The number of likely N-dealkylation sites (N-methyl/N-ethyl adjacent to an activating group) is 1. The predicted octanol–water partition coefficient (Wildman–Crippen LogP) is 2.99. The number of halogens is 2. The molecule has 0 radical (unpaired) electrons. The lowest BCUT2D eigenvalue weighted by molar-refractivity contribution is -0.133. The Hall–Kier alpha value is -2.67. The van der Waals surface area contributed by atoms with E-state index in [4.69, 9.17) is 16.3 Å². The maximum absolute atomic E-state index is 14.7. The third kappa shape index (κ3) is 4.41. The Kier molecular flexibility index (Phi) is 6.61. The first-order chi connectivity index (χ1) is 14.2. The topological polar surface area (TPSA) is 119 Å². The second-order valence-electron chi connectivity index (χ2n) is 6.49. The quantitative estimate of drug-likeness (QED) is 0.285. The van der Waals surface area contributed by atoms with Gasteiger partial charge in [-0.2, -0.15) is 0 Å². The number of nitrogens with zero attached hydrogens (tertiary/aromatic N) is 3. The van der Waals surface area contributed by atoms with E-state index >= 15 is 0 Å². The van der Waals surface area contributed by atoms with Gasteiger partial charge in [0.2, 0.25) is 5.91 Å². The van der Waals surface area contributed by atoms with Crippen molar-refractivity contribution >= 4 is 40.0 Å². The van der Waals surface area contributed by atoms with Gasteiger partial charge < -0.3 is 20.8 Å². The van der Waals surface area contributed by atoms with E-state index in [1.807, 2.05) is 6.92 Å². The minimum atomic E-state index is -0.797. The first-order valence-corrected chi connectivity index (χ1v) is 10.4. The van der Waals surface area contributed by atoms with E-state index in [0.29, 0.717) is 10.0 Å². The van der Waals surface area contributed by atoms with E-state index < -0.39 is 17.3 Å². The SMILES string of the molecule is Cc1nc(COCC(=O)N(C)C)sc1-c1nc(-c2cc(F)c(N)c(NN)c2F)cs1.